The summed E-state index contributed by atoms with van der Waals surface area (Å²) >= 11 is 0. The summed E-state index contributed by atoms with van der Waals surface area (Å²) in [6.45, 7) is 0.425. The molecule has 9 heteroatoms. The van der Waals surface area contributed by atoms with Crippen molar-refractivity contribution in [3.63, 3.8) is 0 Å². The van der Waals surface area contributed by atoms with Crippen LogP contribution < -0.4 is 16.2 Å². The molecule has 1 heterocycles. The topological polar surface area (TPSA) is 76.0 Å². The van der Waals surface area contributed by atoms with Crippen molar-refractivity contribution in [1.29, 1.82) is 0 Å². The number of urea groups is 1. The highest BCUT2D eigenvalue weighted by molar-refractivity contribution is 5.89. The molecule has 0 unspecified atom stereocenters. The van der Waals surface area contributed by atoms with E-state index in [4.69, 9.17) is 0 Å². The van der Waals surface area contributed by atoms with Crippen molar-refractivity contribution in [2.75, 3.05) is 11.9 Å². The van der Waals surface area contributed by atoms with Crippen LogP contribution in [0, 0.1) is 0 Å². The van der Waals surface area contributed by atoms with E-state index in [1.54, 1.807) is 6.07 Å². The zero-order valence-electron chi connectivity index (χ0n) is 15.1. The molecule has 1 fully saturated rings. The van der Waals surface area contributed by atoms with Crippen LogP contribution in [-0.4, -0.2) is 22.1 Å². The first kappa shape index (κ1) is 19.9. The zero-order valence-corrected chi connectivity index (χ0v) is 15.1. The maximum Gasteiger partial charge on any atom is 0.416 e. The number of carbonyl (C=O) groups is 1. The van der Waals surface area contributed by atoms with Gasteiger partial charge in [-0.2, -0.15) is 13.2 Å². The third-order valence-corrected chi connectivity index (χ3v) is 4.78. The molecular weight excluding hydrogens is 373 g/mol. The highest BCUT2D eigenvalue weighted by Gasteiger charge is 2.30. The van der Waals surface area contributed by atoms with Gasteiger partial charge in [0.1, 0.15) is 0 Å². The van der Waals surface area contributed by atoms with Crippen LogP contribution in [0.15, 0.2) is 41.5 Å². The van der Waals surface area contributed by atoms with Crippen LogP contribution in [0.3, 0.4) is 0 Å². The van der Waals surface area contributed by atoms with Gasteiger partial charge in [-0.15, -0.1) is 0 Å². The van der Waals surface area contributed by atoms with Crippen LogP contribution in [0.1, 0.15) is 42.9 Å². The van der Waals surface area contributed by atoms with Crippen LogP contribution in [0.5, 0.6) is 0 Å². The van der Waals surface area contributed by atoms with Gasteiger partial charge in [-0.05, 0) is 37.1 Å². The van der Waals surface area contributed by atoms with Crippen LogP contribution in [0.2, 0.25) is 0 Å². The lowest BCUT2D eigenvalue weighted by molar-refractivity contribution is -0.137. The van der Waals surface area contributed by atoms with Gasteiger partial charge in [0.25, 0.3) is 5.56 Å². The summed E-state index contributed by atoms with van der Waals surface area (Å²) in [6.07, 6.45) is 1.51. The minimum atomic E-state index is -4.42. The molecule has 2 N–H and O–H groups in total. The fraction of sp³-hybridized carbons (Fsp3) is 0.421. The van der Waals surface area contributed by atoms with Gasteiger partial charge in [-0.25, -0.2) is 9.78 Å². The van der Waals surface area contributed by atoms with Crippen LogP contribution in [0.4, 0.5) is 23.7 Å². The Labute approximate surface area is 159 Å². The molecule has 1 saturated carbocycles. The van der Waals surface area contributed by atoms with Crippen LogP contribution in [-0.2, 0) is 12.7 Å². The molecule has 150 valence electrons. The second-order valence-electron chi connectivity index (χ2n) is 6.78. The summed E-state index contributed by atoms with van der Waals surface area (Å²) in [5.41, 5.74) is 0.116. The minimum Gasteiger partial charge on any atom is -0.336 e. The summed E-state index contributed by atoms with van der Waals surface area (Å²) in [5.74, 6) is 0.356. The number of hydrogen-bond acceptors (Lipinski definition) is 3. The smallest absolute Gasteiger partial charge is 0.336 e. The van der Waals surface area contributed by atoms with E-state index < -0.39 is 17.8 Å². The predicted octanol–water partition coefficient (Wildman–Crippen LogP) is 3.74. The van der Waals surface area contributed by atoms with E-state index >= 15 is 0 Å². The maximum absolute atomic E-state index is 12.5. The van der Waals surface area contributed by atoms with Gasteiger partial charge < -0.3 is 10.6 Å². The van der Waals surface area contributed by atoms with Crippen molar-refractivity contribution in [2.24, 2.45) is 0 Å². The fourth-order valence-corrected chi connectivity index (χ4v) is 3.26. The van der Waals surface area contributed by atoms with E-state index in [0.717, 1.165) is 43.5 Å². The Morgan fingerprint density at radius 3 is 2.46 bits per heavy atom. The lowest BCUT2D eigenvalue weighted by Crippen LogP contribution is -2.33. The van der Waals surface area contributed by atoms with E-state index in [9.17, 15) is 22.8 Å². The first-order chi connectivity index (χ1) is 13.3. The number of halogens is 3. The van der Waals surface area contributed by atoms with Crippen molar-refractivity contribution >= 4 is 11.7 Å². The molecule has 6 nitrogen and oxygen atoms in total. The fourth-order valence-electron chi connectivity index (χ4n) is 3.26. The molecular formula is C19H21F3N4O2. The first-order valence-electron chi connectivity index (χ1n) is 9.11. The Morgan fingerprint density at radius 2 is 1.86 bits per heavy atom. The van der Waals surface area contributed by atoms with Gasteiger partial charge in [-0.3, -0.25) is 9.36 Å². The van der Waals surface area contributed by atoms with Crippen molar-refractivity contribution < 1.29 is 18.0 Å². The van der Waals surface area contributed by atoms with Gasteiger partial charge in [-0.1, -0.05) is 12.8 Å². The normalized spacial score (nSPS) is 14.8. The summed E-state index contributed by atoms with van der Waals surface area (Å²) in [5, 5.41) is 5.01. The quantitative estimate of drug-likeness (QED) is 0.811. The van der Waals surface area contributed by atoms with E-state index in [2.05, 4.69) is 15.6 Å². The zero-order chi connectivity index (χ0) is 20.1. The van der Waals surface area contributed by atoms with E-state index in [0.29, 0.717) is 5.92 Å². The monoisotopic (exact) mass is 394 g/mol. The Kier molecular flexibility index (Phi) is 6.01. The standard InChI is InChI=1S/C19H21F3N4O2/c20-19(21,22)14-5-7-15(8-6-14)25-18(28)23-9-10-26-12-24-16(11-17(26)27)13-3-1-2-4-13/h5-8,11-13H,1-4,9-10H2,(H2,23,25,28). The van der Waals surface area contributed by atoms with Crippen molar-refractivity contribution in [3.05, 3.63) is 58.3 Å². The highest BCUT2D eigenvalue weighted by Crippen LogP contribution is 2.32. The summed E-state index contributed by atoms with van der Waals surface area (Å²) in [6, 6.07) is 5.14. The Balaban J connectivity index is 1.48. The van der Waals surface area contributed by atoms with Crippen molar-refractivity contribution in [1.82, 2.24) is 14.9 Å². The summed E-state index contributed by atoms with van der Waals surface area (Å²) in [7, 11) is 0. The van der Waals surface area contributed by atoms with Crippen LogP contribution >= 0.6 is 0 Å². The number of benzene rings is 1. The second-order valence-corrected chi connectivity index (χ2v) is 6.78. The molecule has 0 bridgehead atoms. The number of rotatable bonds is 5. The Bertz CT molecular complexity index is 872. The number of amides is 2. The number of hydrogen-bond donors (Lipinski definition) is 2. The number of nitrogens with zero attached hydrogens (tertiary/aromatic N) is 2. The van der Waals surface area contributed by atoms with Gasteiger partial charge in [0.2, 0.25) is 0 Å². The molecule has 1 aromatic heterocycles. The van der Waals surface area contributed by atoms with E-state index in [1.165, 1.54) is 23.0 Å². The molecule has 28 heavy (non-hydrogen) atoms. The maximum atomic E-state index is 12.5. The number of carbonyl (C=O) groups excluding carboxylic acids is 1. The SMILES string of the molecule is O=C(NCCn1cnc(C2CCCC2)cc1=O)Nc1ccc(C(F)(F)F)cc1. The average Bonchev–Trinajstić information content (AvgIpc) is 3.17. The number of aromatic nitrogens is 2. The summed E-state index contributed by atoms with van der Waals surface area (Å²) < 4.78 is 39.0. The molecule has 2 amide bonds. The van der Waals surface area contributed by atoms with Crippen molar-refractivity contribution in [3.8, 4) is 0 Å². The Hall–Kier alpha value is -2.84. The lowest BCUT2D eigenvalue weighted by atomic mass is 10.0. The van der Waals surface area contributed by atoms with Gasteiger partial charge in [0.15, 0.2) is 0 Å². The largest absolute Gasteiger partial charge is 0.416 e. The highest BCUT2D eigenvalue weighted by atomic mass is 19.4. The number of anilines is 1. The molecule has 3 rings (SSSR count). The third kappa shape index (κ3) is 5.11. The van der Waals surface area contributed by atoms with Gasteiger partial charge >= 0.3 is 12.2 Å². The molecule has 0 radical (unpaired) electrons. The Morgan fingerprint density at radius 1 is 1.18 bits per heavy atom. The minimum absolute atomic E-state index is 0.165. The summed E-state index contributed by atoms with van der Waals surface area (Å²) in [4.78, 5) is 28.4. The molecule has 2 aromatic rings. The molecule has 0 atom stereocenters. The molecule has 0 aliphatic heterocycles. The molecule has 0 saturated heterocycles. The average molecular weight is 394 g/mol. The molecule has 1 aliphatic carbocycles. The number of alkyl halides is 3. The third-order valence-electron chi connectivity index (χ3n) is 4.78. The molecule has 1 aromatic carbocycles. The second kappa shape index (κ2) is 8.45. The van der Waals surface area contributed by atoms with Crippen LogP contribution in [0.25, 0.3) is 0 Å². The number of nitrogens with one attached hydrogen (secondary N) is 2. The van der Waals surface area contributed by atoms with Crippen molar-refractivity contribution in [2.45, 2.75) is 44.3 Å². The lowest BCUT2D eigenvalue weighted by Gasteiger charge is -2.12. The molecule has 1 aliphatic rings. The van der Waals surface area contributed by atoms with E-state index in [-0.39, 0.29) is 24.3 Å². The van der Waals surface area contributed by atoms with Gasteiger partial charge in [0, 0.05) is 30.8 Å². The van der Waals surface area contributed by atoms with Gasteiger partial charge in [0.05, 0.1) is 17.6 Å². The van der Waals surface area contributed by atoms with E-state index in [1.807, 2.05) is 0 Å². The first-order valence-corrected chi connectivity index (χ1v) is 9.11. The molecule has 0 spiro atoms. The predicted molar refractivity (Wildman–Crippen MR) is 98.2 cm³/mol.